The van der Waals surface area contributed by atoms with E-state index >= 15 is 0 Å². The van der Waals surface area contributed by atoms with Crippen LogP contribution in [0.3, 0.4) is 0 Å². The molecule has 1 aliphatic rings. The zero-order chi connectivity index (χ0) is 20.4. The lowest BCUT2D eigenvalue weighted by Crippen LogP contribution is -2.42. The molecule has 0 spiro atoms. The molecule has 2 aromatic carbocycles. The van der Waals surface area contributed by atoms with E-state index in [4.69, 9.17) is 10.7 Å². The fraction of sp³-hybridized carbons (Fsp3) is 0.348. The van der Waals surface area contributed by atoms with Gasteiger partial charge in [-0.05, 0) is 61.5 Å². The van der Waals surface area contributed by atoms with Gasteiger partial charge >= 0.3 is 0 Å². The molecule has 5 nitrogen and oxygen atoms in total. The fourth-order valence-corrected chi connectivity index (χ4v) is 4.03. The number of aryl methyl sites for hydroxylation is 1. The van der Waals surface area contributed by atoms with Gasteiger partial charge in [-0.25, -0.2) is 14.4 Å². The Morgan fingerprint density at radius 3 is 2.69 bits per heavy atom. The van der Waals surface area contributed by atoms with Gasteiger partial charge in [0, 0.05) is 11.8 Å². The molecule has 150 valence electrons. The number of nitrogens with zero attached hydrogens (tertiary/aromatic N) is 2. The predicted molar refractivity (Wildman–Crippen MR) is 111 cm³/mol. The Bertz CT molecular complexity index is 1050. The molecule has 0 bridgehead atoms. The van der Waals surface area contributed by atoms with Crippen LogP contribution < -0.4 is 11.1 Å². The third-order valence-corrected chi connectivity index (χ3v) is 5.68. The third kappa shape index (κ3) is 4.12. The van der Waals surface area contributed by atoms with E-state index in [1.165, 1.54) is 6.07 Å². The van der Waals surface area contributed by atoms with Gasteiger partial charge in [-0.2, -0.15) is 0 Å². The SMILES string of the molecule is CCc1nc(C[C@H](CC2CNC2)c2cccc(F)c2)c2cccc(C(N)=O)c2n1. The van der Waals surface area contributed by atoms with Crippen molar-refractivity contribution in [3.63, 3.8) is 0 Å². The molecule has 3 N–H and O–H groups in total. The summed E-state index contributed by atoms with van der Waals surface area (Å²) in [5.41, 5.74) is 8.45. The van der Waals surface area contributed by atoms with Gasteiger partial charge in [-0.15, -0.1) is 0 Å². The van der Waals surface area contributed by atoms with Crippen LogP contribution in [0.5, 0.6) is 0 Å². The van der Waals surface area contributed by atoms with Crippen molar-refractivity contribution in [1.29, 1.82) is 0 Å². The number of primary amides is 1. The quantitative estimate of drug-likeness (QED) is 0.646. The van der Waals surface area contributed by atoms with Crippen LogP contribution in [0.15, 0.2) is 42.5 Å². The first kappa shape index (κ1) is 19.5. The second kappa shape index (κ2) is 8.25. The van der Waals surface area contributed by atoms with Gasteiger partial charge in [-0.1, -0.05) is 31.2 Å². The Kier molecular flexibility index (Phi) is 5.53. The summed E-state index contributed by atoms with van der Waals surface area (Å²) in [4.78, 5) is 21.3. The van der Waals surface area contributed by atoms with Gasteiger partial charge in [0.05, 0.1) is 16.8 Å². The number of amides is 1. The Hall–Kier alpha value is -2.86. The number of carbonyl (C=O) groups is 1. The molecular formula is C23H25FN4O. The number of benzene rings is 2. The predicted octanol–water partition coefficient (Wildman–Crippen LogP) is 3.37. The number of aromatic nitrogens is 2. The normalized spacial score (nSPS) is 15.2. The maximum Gasteiger partial charge on any atom is 0.250 e. The van der Waals surface area contributed by atoms with Crippen LogP contribution in [0, 0.1) is 11.7 Å². The number of rotatable bonds is 7. The molecule has 2 heterocycles. The molecule has 1 saturated heterocycles. The first-order chi connectivity index (χ1) is 14.0. The number of nitrogens with one attached hydrogen (secondary N) is 1. The van der Waals surface area contributed by atoms with Crippen molar-refractivity contribution in [1.82, 2.24) is 15.3 Å². The lowest BCUT2D eigenvalue weighted by Gasteiger charge is -2.31. The van der Waals surface area contributed by atoms with Crippen molar-refractivity contribution in [2.45, 2.75) is 32.1 Å². The minimum absolute atomic E-state index is 0.137. The molecule has 6 heteroatoms. The highest BCUT2D eigenvalue weighted by molar-refractivity contribution is 6.05. The summed E-state index contributed by atoms with van der Waals surface area (Å²) in [6.07, 6.45) is 2.28. The number of hydrogen-bond acceptors (Lipinski definition) is 4. The molecule has 1 fully saturated rings. The van der Waals surface area contributed by atoms with Crippen LogP contribution in [-0.4, -0.2) is 29.0 Å². The van der Waals surface area contributed by atoms with E-state index in [9.17, 15) is 9.18 Å². The van der Waals surface area contributed by atoms with E-state index in [2.05, 4.69) is 10.3 Å². The van der Waals surface area contributed by atoms with Gasteiger partial charge in [-0.3, -0.25) is 4.79 Å². The zero-order valence-electron chi connectivity index (χ0n) is 16.5. The van der Waals surface area contributed by atoms with E-state index < -0.39 is 5.91 Å². The number of para-hydroxylation sites is 1. The lowest BCUT2D eigenvalue weighted by molar-refractivity contribution is 0.100. The number of carbonyl (C=O) groups excluding carboxylic acids is 1. The van der Waals surface area contributed by atoms with Crippen LogP contribution in [-0.2, 0) is 12.8 Å². The maximum atomic E-state index is 13.9. The van der Waals surface area contributed by atoms with Crippen molar-refractivity contribution in [2.75, 3.05) is 13.1 Å². The molecular weight excluding hydrogens is 367 g/mol. The van der Waals surface area contributed by atoms with Crippen LogP contribution in [0.4, 0.5) is 4.39 Å². The molecule has 1 aliphatic heterocycles. The maximum absolute atomic E-state index is 13.9. The highest BCUT2D eigenvalue weighted by Crippen LogP contribution is 2.32. The molecule has 0 aliphatic carbocycles. The Labute approximate surface area is 169 Å². The van der Waals surface area contributed by atoms with Crippen molar-refractivity contribution in [3.05, 3.63) is 70.9 Å². The standard InChI is InChI=1S/C23H25FN4O/c1-2-21-27-20(18-7-4-8-19(23(25)29)22(18)28-21)11-16(9-14-12-26-13-14)15-5-3-6-17(24)10-15/h3-8,10,14,16,26H,2,9,11-13H2,1H3,(H2,25,29)/t16-/m0/s1. The molecule has 0 unspecified atom stereocenters. The third-order valence-electron chi connectivity index (χ3n) is 5.68. The van der Waals surface area contributed by atoms with E-state index in [-0.39, 0.29) is 11.7 Å². The average Bonchev–Trinajstić information content (AvgIpc) is 2.68. The highest BCUT2D eigenvalue weighted by atomic mass is 19.1. The summed E-state index contributed by atoms with van der Waals surface area (Å²) < 4.78 is 13.9. The smallest absolute Gasteiger partial charge is 0.250 e. The van der Waals surface area contributed by atoms with E-state index in [0.29, 0.717) is 35.7 Å². The summed E-state index contributed by atoms with van der Waals surface area (Å²) >= 11 is 0. The lowest BCUT2D eigenvalue weighted by atomic mass is 9.82. The van der Waals surface area contributed by atoms with E-state index in [0.717, 1.165) is 36.2 Å². The number of halogens is 1. The minimum atomic E-state index is -0.496. The van der Waals surface area contributed by atoms with Crippen molar-refractivity contribution >= 4 is 16.8 Å². The first-order valence-electron chi connectivity index (χ1n) is 10.1. The monoisotopic (exact) mass is 392 g/mol. The molecule has 29 heavy (non-hydrogen) atoms. The van der Waals surface area contributed by atoms with Gasteiger partial charge in [0.15, 0.2) is 0 Å². The molecule has 4 rings (SSSR count). The average molecular weight is 392 g/mol. The summed E-state index contributed by atoms with van der Waals surface area (Å²) in [7, 11) is 0. The first-order valence-corrected chi connectivity index (χ1v) is 10.1. The Morgan fingerprint density at radius 2 is 2.03 bits per heavy atom. The van der Waals surface area contributed by atoms with Crippen LogP contribution in [0.2, 0.25) is 0 Å². The van der Waals surface area contributed by atoms with E-state index in [1.54, 1.807) is 18.2 Å². The summed E-state index contributed by atoms with van der Waals surface area (Å²) in [6.45, 7) is 3.96. The van der Waals surface area contributed by atoms with Crippen molar-refractivity contribution in [3.8, 4) is 0 Å². The zero-order valence-corrected chi connectivity index (χ0v) is 16.5. The fourth-order valence-electron chi connectivity index (χ4n) is 4.03. The molecule has 1 atom stereocenters. The van der Waals surface area contributed by atoms with Gasteiger partial charge < -0.3 is 11.1 Å². The Balaban J connectivity index is 1.78. The summed E-state index contributed by atoms with van der Waals surface area (Å²) in [5, 5.41) is 4.15. The highest BCUT2D eigenvalue weighted by Gasteiger charge is 2.25. The topological polar surface area (TPSA) is 80.9 Å². The summed E-state index contributed by atoms with van der Waals surface area (Å²) in [5.74, 6) is 0.673. The molecule has 0 saturated carbocycles. The van der Waals surface area contributed by atoms with Gasteiger partial charge in [0.25, 0.3) is 5.91 Å². The second-order valence-corrected chi connectivity index (χ2v) is 7.72. The molecule has 3 aromatic rings. The molecule has 1 amide bonds. The van der Waals surface area contributed by atoms with Gasteiger partial charge in [0.1, 0.15) is 11.6 Å². The van der Waals surface area contributed by atoms with Crippen molar-refractivity contribution < 1.29 is 9.18 Å². The van der Waals surface area contributed by atoms with Crippen LogP contribution in [0.1, 0.15) is 46.7 Å². The Morgan fingerprint density at radius 1 is 1.24 bits per heavy atom. The van der Waals surface area contributed by atoms with Crippen LogP contribution in [0.25, 0.3) is 10.9 Å². The van der Waals surface area contributed by atoms with Crippen LogP contribution >= 0.6 is 0 Å². The number of fused-ring (bicyclic) bond motifs is 1. The minimum Gasteiger partial charge on any atom is -0.366 e. The molecule has 0 radical (unpaired) electrons. The largest absolute Gasteiger partial charge is 0.366 e. The summed E-state index contributed by atoms with van der Waals surface area (Å²) in [6, 6.07) is 12.3. The number of nitrogens with two attached hydrogens (primary N) is 1. The van der Waals surface area contributed by atoms with Gasteiger partial charge in [0.2, 0.25) is 0 Å². The second-order valence-electron chi connectivity index (χ2n) is 7.72. The molecule has 1 aromatic heterocycles. The van der Waals surface area contributed by atoms with Crippen molar-refractivity contribution in [2.24, 2.45) is 11.7 Å². The van der Waals surface area contributed by atoms with E-state index in [1.807, 2.05) is 25.1 Å². The number of hydrogen-bond donors (Lipinski definition) is 2.